The second-order valence-corrected chi connectivity index (χ2v) is 8.75. The van der Waals surface area contributed by atoms with Gasteiger partial charge in [0.1, 0.15) is 11.6 Å². The van der Waals surface area contributed by atoms with Gasteiger partial charge in [0.25, 0.3) is 5.91 Å². The highest BCUT2D eigenvalue weighted by atomic mass is 19.1. The molecule has 0 radical (unpaired) electrons. The molecule has 168 valence electrons. The van der Waals surface area contributed by atoms with E-state index >= 15 is 0 Å². The third-order valence-corrected chi connectivity index (χ3v) is 6.28. The molecule has 1 atom stereocenters. The molecule has 5 nitrogen and oxygen atoms in total. The van der Waals surface area contributed by atoms with E-state index in [0.717, 1.165) is 24.1 Å². The van der Waals surface area contributed by atoms with Crippen LogP contribution in [0.4, 0.5) is 8.78 Å². The summed E-state index contributed by atoms with van der Waals surface area (Å²) in [6.07, 6.45) is 3.42. The van der Waals surface area contributed by atoms with E-state index in [-0.39, 0.29) is 23.4 Å². The number of nitrogens with one attached hydrogen (secondary N) is 1. The molecule has 0 saturated carbocycles. The Kier molecular flexibility index (Phi) is 5.19. The summed E-state index contributed by atoms with van der Waals surface area (Å²) >= 11 is 0. The van der Waals surface area contributed by atoms with Gasteiger partial charge in [-0.25, -0.2) is 13.3 Å². The molecule has 0 saturated heterocycles. The van der Waals surface area contributed by atoms with Crippen LogP contribution in [0, 0.1) is 18.6 Å². The molecule has 3 aromatic heterocycles. The first kappa shape index (κ1) is 21.2. The fraction of sp³-hybridized carbons (Fsp3) is 0.269. The molecule has 7 heteroatoms. The SMILES string of the molecule is Cc1nn2c(C(C)C)c(C(=O)NC3CCc4cccnc43)ccc2c1-c1c(F)cccc1F. The topological polar surface area (TPSA) is 59.3 Å². The lowest BCUT2D eigenvalue weighted by atomic mass is 9.99. The van der Waals surface area contributed by atoms with Crippen LogP contribution < -0.4 is 5.32 Å². The molecule has 1 unspecified atom stereocenters. The summed E-state index contributed by atoms with van der Waals surface area (Å²) in [5.74, 6) is -1.56. The van der Waals surface area contributed by atoms with Crippen molar-refractivity contribution in [1.29, 1.82) is 0 Å². The maximum absolute atomic E-state index is 14.6. The van der Waals surface area contributed by atoms with E-state index in [4.69, 9.17) is 0 Å². The van der Waals surface area contributed by atoms with E-state index in [2.05, 4.69) is 15.4 Å². The van der Waals surface area contributed by atoms with Crippen molar-refractivity contribution in [2.45, 2.75) is 45.6 Å². The molecule has 5 rings (SSSR count). The maximum Gasteiger partial charge on any atom is 0.253 e. The number of aryl methyl sites for hydroxylation is 2. The van der Waals surface area contributed by atoms with Crippen molar-refractivity contribution in [3.63, 3.8) is 0 Å². The van der Waals surface area contributed by atoms with E-state index in [0.29, 0.717) is 28.0 Å². The normalized spacial score (nSPS) is 15.3. The zero-order chi connectivity index (χ0) is 23.3. The van der Waals surface area contributed by atoms with Crippen LogP contribution in [0.5, 0.6) is 0 Å². The average molecular weight is 447 g/mol. The lowest BCUT2D eigenvalue weighted by molar-refractivity contribution is 0.0934. The molecule has 3 heterocycles. The number of hydrogen-bond acceptors (Lipinski definition) is 3. The van der Waals surface area contributed by atoms with E-state index in [1.54, 1.807) is 29.8 Å². The Morgan fingerprint density at radius 3 is 2.58 bits per heavy atom. The summed E-state index contributed by atoms with van der Waals surface area (Å²) in [6.45, 7) is 5.66. The number of pyridine rings is 2. The van der Waals surface area contributed by atoms with Crippen LogP contribution in [0.25, 0.3) is 16.6 Å². The third-order valence-electron chi connectivity index (χ3n) is 6.28. The maximum atomic E-state index is 14.6. The zero-order valence-corrected chi connectivity index (χ0v) is 18.7. The number of fused-ring (bicyclic) bond motifs is 2. The smallest absolute Gasteiger partial charge is 0.253 e. The fourth-order valence-electron chi connectivity index (χ4n) is 4.83. The lowest BCUT2D eigenvalue weighted by Crippen LogP contribution is -2.29. The second-order valence-electron chi connectivity index (χ2n) is 8.75. The minimum Gasteiger partial charge on any atom is -0.344 e. The first-order chi connectivity index (χ1) is 15.9. The molecular weight excluding hydrogens is 422 g/mol. The van der Waals surface area contributed by atoms with Crippen LogP contribution in [0.3, 0.4) is 0 Å². The van der Waals surface area contributed by atoms with Gasteiger partial charge in [-0.3, -0.25) is 9.78 Å². The van der Waals surface area contributed by atoms with Crippen molar-refractivity contribution in [2.24, 2.45) is 0 Å². The van der Waals surface area contributed by atoms with Crippen molar-refractivity contribution >= 4 is 11.4 Å². The number of amides is 1. The summed E-state index contributed by atoms with van der Waals surface area (Å²) in [5.41, 5.74) is 4.59. The number of halogens is 2. The molecular formula is C26H24F2N4O. The Morgan fingerprint density at radius 2 is 1.85 bits per heavy atom. The Hall–Kier alpha value is -3.61. The quantitative estimate of drug-likeness (QED) is 0.449. The van der Waals surface area contributed by atoms with Crippen molar-refractivity contribution in [1.82, 2.24) is 19.9 Å². The molecule has 33 heavy (non-hydrogen) atoms. The minimum atomic E-state index is -0.645. The Bertz CT molecular complexity index is 1370. The molecule has 1 amide bonds. The number of carbonyl (C=O) groups is 1. The Morgan fingerprint density at radius 1 is 1.09 bits per heavy atom. The molecule has 0 bridgehead atoms. The highest BCUT2D eigenvalue weighted by molar-refractivity contribution is 5.97. The van der Waals surface area contributed by atoms with Gasteiger partial charge >= 0.3 is 0 Å². The fourth-order valence-corrected chi connectivity index (χ4v) is 4.83. The summed E-state index contributed by atoms with van der Waals surface area (Å²) in [5, 5.41) is 7.71. The zero-order valence-electron chi connectivity index (χ0n) is 18.7. The van der Waals surface area contributed by atoms with E-state index in [1.807, 2.05) is 26.0 Å². The summed E-state index contributed by atoms with van der Waals surface area (Å²) in [4.78, 5) is 17.8. The largest absolute Gasteiger partial charge is 0.344 e. The molecule has 0 spiro atoms. The van der Waals surface area contributed by atoms with Gasteiger partial charge in [0, 0.05) is 11.8 Å². The predicted molar refractivity (Wildman–Crippen MR) is 122 cm³/mol. The van der Waals surface area contributed by atoms with Crippen LogP contribution in [-0.4, -0.2) is 20.5 Å². The number of carbonyl (C=O) groups excluding carboxylic acids is 1. The molecule has 0 aliphatic heterocycles. The van der Waals surface area contributed by atoms with Crippen molar-refractivity contribution in [3.05, 3.63) is 88.5 Å². The lowest BCUT2D eigenvalue weighted by Gasteiger charge is -2.18. The van der Waals surface area contributed by atoms with Gasteiger partial charge in [0.05, 0.1) is 39.8 Å². The highest BCUT2D eigenvalue weighted by Crippen LogP contribution is 2.35. The summed E-state index contributed by atoms with van der Waals surface area (Å²) in [7, 11) is 0. The number of benzene rings is 1. The number of aromatic nitrogens is 3. The van der Waals surface area contributed by atoms with Gasteiger partial charge in [-0.2, -0.15) is 5.10 Å². The van der Waals surface area contributed by atoms with E-state index in [9.17, 15) is 13.6 Å². The van der Waals surface area contributed by atoms with Crippen molar-refractivity contribution < 1.29 is 13.6 Å². The van der Waals surface area contributed by atoms with Crippen LogP contribution in [0.15, 0.2) is 48.7 Å². The van der Waals surface area contributed by atoms with Gasteiger partial charge in [-0.15, -0.1) is 0 Å². The van der Waals surface area contributed by atoms with Crippen molar-refractivity contribution in [2.75, 3.05) is 0 Å². The summed E-state index contributed by atoms with van der Waals surface area (Å²) in [6, 6.07) is 11.0. The summed E-state index contributed by atoms with van der Waals surface area (Å²) < 4.78 is 30.8. The predicted octanol–water partition coefficient (Wildman–Crippen LogP) is 5.52. The van der Waals surface area contributed by atoms with E-state index in [1.165, 1.54) is 18.2 Å². The minimum absolute atomic E-state index is 0.0546. The van der Waals surface area contributed by atoms with Gasteiger partial charge in [-0.05, 0) is 61.6 Å². The standard InChI is InChI=1S/C26H24F2N4O/c1-14(2)25-17(26(33)30-20-11-9-16-6-5-13-29-24(16)20)10-12-21-22(15(3)31-32(21)25)23-18(27)7-4-8-19(23)28/h4-8,10,12-14,20H,9,11H2,1-3H3,(H,30,33). The van der Waals surface area contributed by atoms with Gasteiger partial charge in [0.15, 0.2) is 0 Å². The van der Waals surface area contributed by atoms with Crippen LogP contribution >= 0.6 is 0 Å². The molecule has 4 aromatic rings. The van der Waals surface area contributed by atoms with E-state index < -0.39 is 11.6 Å². The molecule has 0 fully saturated rings. The Labute approximate surface area is 190 Å². The van der Waals surface area contributed by atoms with Crippen LogP contribution in [0.2, 0.25) is 0 Å². The molecule has 1 aliphatic rings. The molecule has 1 N–H and O–H groups in total. The number of rotatable bonds is 4. The Balaban J connectivity index is 1.60. The molecule has 1 aromatic carbocycles. The number of nitrogens with zero attached hydrogens (tertiary/aromatic N) is 3. The third kappa shape index (κ3) is 3.48. The monoisotopic (exact) mass is 446 g/mol. The first-order valence-corrected chi connectivity index (χ1v) is 11.1. The molecule has 1 aliphatic carbocycles. The van der Waals surface area contributed by atoms with Gasteiger partial charge in [-0.1, -0.05) is 26.0 Å². The van der Waals surface area contributed by atoms with Crippen molar-refractivity contribution in [3.8, 4) is 11.1 Å². The second kappa shape index (κ2) is 8.06. The van der Waals surface area contributed by atoms with Crippen LogP contribution in [-0.2, 0) is 6.42 Å². The number of hydrogen-bond donors (Lipinski definition) is 1. The van der Waals surface area contributed by atoms with Gasteiger partial charge < -0.3 is 5.32 Å². The van der Waals surface area contributed by atoms with Crippen LogP contribution in [0.1, 0.15) is 65.2 Å². The first-order valence-electron chi connectivity index (χ1n) is 11.1. The highest BCUT2D eigenvalue weighted by Gasteiger charge is 2.28. The average Bonchev–Trinajstić information content (AvgIpc) is 3.33. The van der Waals surface area contributed by atoms with Gasteiger partial charge in [0.2, 0.25) is 0 Å².